The van der Waals surface area contributed by atoms with Crippen molar-refractivity contribution in [1.29, 1.82) is 0 Å². The van der Waals surface area contributed by atoms with E-state index in [1.165, 1.54) is 42.4 Å². The van der Waals surface area contributed by atoms with E-state index >= 15 is 0 Å². The Morgan fingerprint density at radius 1 is 0.333 bits per heavy atom. The van der Waals surface area contributed by atoms with E-state index in [1.807, 2.05) is 100 Å². The van der Waals surface area contributed by atoms with E-state index in [4.69, 9.17) is 4.74 Å². The summed E-state index contributed by atoms with van der Waals surface area (Å²) >= 11 is 0. The molecular weight excluding hydrogens is 1400 g/mol. The van der Waals surface area contributed by atoms with Crippen LogP contribution in [0.4, 0.5) is 70.6 Å². The van der Waals surface area contributed by atoms with Gasteiger partial charge in [-0.1, -0.05) is 91.0 Å². The fourth-order valence-electron chi connectivity index (χ4n) is 14.4. The molecule has 1 unspecified atom stereocenters. The highest BCUT2D eigenvalue weighted by Crippen LogP contribution is 2.25. The van der Waals surface area contributed by atoms with Crippen LogP contribution in [0.1, 0.15) is 65.5 Å². The average Bonchev–Trinajstić information content (AvgIpc) is 1.82. The molecule has 3 aromatic carbocycles. The third kappa shape index (κ3) is 20.3. The molecule has 6 fully saturated rings. The maximum Gasteiger partial charge on any atom is 0.232 e. The van der Waals surface area contributed by atoms with Crippen molar-refractivity contribution in [3.8, 4) is 0 Å². The third-order valence-electron chi connectivity index (χ3n) is 20.3. The maximum absolute atomic E-state index is 5.46. The van der Waals surface area contributed by atoms with Crippen molar-refractivity contribution in [2.75, 3.05) is 150 Å². The summed E-state index contributed by atoms with van der Waals surface area (Å²) < 4.78 is 11.3. The SMILES string of the molecule is c1ccc(Cc2cnc(N3CCN(c4ncnc(Nc5cnn(CC6CCOC6)c5)n4)CC3)nc2)cc1.c1ccc(Cc2cnc(N3CCN(c4ncnc(Nc5cnn(C[C@@H]6CCCN6)c5)n4)CC3)nc2)cc1.c1ccc(Cc2cnc(N3CCN(c4ncnc(Nc5cnn(C[C@H]6CCCN6)c5)n4)CC3)nc2)cc1. The Morgan fingerprint density at radius 2 is 0.649 bits per heavy atom. The Morgan fingerprint density at radius 3 is 0.946 bits per heavy atom. The summed E-state index contributed by atoms with van der Waals surface area (Å²) in [6, 6.07) is 32.1. The van der Waals surface area contributed by atoms with Crippen LogP contribution in [0.3, 0.4) is 0 Å². The van der Waals surface area contributed by atoms with Crippen molar-refractivity contribution in [3.63, 3.8) is 0 Å². The fourth-order valence-corrected chi connectivity index (χ4v) is 14.4. The third-order valence-corrected chi connectivity index (χ3v) is 20.3. The second-order valence-corrected chi connectivity index (χ2v) is 28.5. The van der Waals surface area contributed by atoms with E-state index in [0.29, 0.717) is 53.7 Å². The van der Waals surface area contributed by atoms with E-state index < -0.39 is 0 Å². The lowest BCUT2D eigenvalue weighted by Gasteiger charge is -2.34. The van der Waals surface area contributed by atoms with Crippen LogP contribution in [-0.4, -0.2) is 221 Å². The molecule has 18 rings (SSSR count). The highest BCUT2D eigenvalue weighted by molar-refractivity contribution is 5.55. The number of aromatic nitrogens is 21. The van der Waals surface area contributed by atoms with Crippen LogP contribution in [0.2, 0.25) is 0 Å². The molecule has 0 saturated carbocycles. The summed E-state index contributed by atoms with van der Waals surface area (Å²) in [5.74, 6) is 6.34. The van der Waals surface area contributed by atoms with Gasteiger partial charge in [-0.05, 0) is 78.6 Å². The summed E-state index contributed by atoms with van der Waals surface area (Å²) in [4.78, 5) is 80.9. The zero-order chi connectivity index (χ0) is 74.6. The first-order chi connectivity index (χ1) is 54.8. The van der Waals surface area contributed by atoms with E-state index in [0.717, 1.165) is 202 Å². The summed E-state index contributed by atoms with van der Waals surface area (Å²) in [5, 5.41) is 30.2. The zero-order valence-corrected chi connectivity index (χ0v) is 62.1. The molecule has 0 spiro atoms. The van der Waals surface area contributed by atoms with Gasteiger partial charge >= 0.3 is 0 Å². The molecule has 33 heteroatoms. The Hall–Kier alpha value is -12.4. The second-order valence-electron chi connectivity index (χ2n) is 28.5. The van der Waals surface area contributed by atoms with Crippen molar-refractivity contribution in [3.05, 3.63) is 218 Å². The summed E-state index contributed by atoms with van der Waals surface area (Å²) in [5.41, 5.74) is 9.69. The van der Waals surface area contributed by atoms with Crippen molar-refractivity contribution in [1.82, 2.24) is 115 Å². The lowest BCUT2D eigenvalue weighted by atomic mass is 10.1. The highest BCUT2D eigenvalue weighted by Gasteiger charge is 2.27. The molecule has 570 valence electrons. The number of ether oxygens (including phenoxy) is 1. The van der Waals surface area contributed by atoms with Crippen LogP contribution < -0.4 is 56.0 Å². The maximum atomic E-state index is 5.46. The van der Waals surface area contributed by atoms with Crippen LogP contribution >= 0.6 is 0 Å². The van der Waals surface area contributed by atoms with E-state index in [-0.39, 0.29) is 0 Å². The van der Waals surface area contributed by atoms with Gasteiger partial charge in [0.05, 0.1) is 55.3 Å². The Kier molecular flexibility index (Phi) is 23.8. The van der Waals surface area contributed by atoms with Crippen LogP contribution in [-0.2, 0) is 43.6 Å². The van der Waals surface area contributed by atoms with Crippen LogP contribution in [0.5, 0.6) is 0 Å². The van der Waals surface area contributed by atoms with Gasteiger partial charge in [0.15, 0.2) is 0 Å². The average molecular weight is 1490 g/mol. The van der Waals surface area contributed by atoms with Gasteiger partial charge in [-0.2, -0.15) is 30.2 Å². The Balaban J connectivity index is 0.000000126. The number of benzene rings is 3. The quantitative estimate of drug-likeness (QED) is 0.0403. The van der Waals surface area contributed by atoms with Gasteiger partial charge in [0.2, 0.25) is 53.5 Å². The molecule has 3 atom stereocenters. The van der Waals surface area contributed by atoms with Crippen LogP contribution in [0, 0.1) is 5.92 Å². The number of rotatable bonds is 24. The van der Waals surface area contributed by atoms with Crippen LogP contribution in [0.15, 0.2) is 184 Å². The molecule has 111 heavy (non-hydrogen) atoms. The van der Waals surface area contributed by atoms with E-state index in [1.54, 1.807) is 25.2 Å². The Labute approximate surface area is 644 Å². The van der Waals surface area contributed by atoms with Gasteiger partial charge in [-0.15, -0.1) is 0 Å². The predicted molar refractivity (Wildman–Crippen MR) is 424 cm³/mol. The van der Waals surface area contributed by atoms with Gasteiger partial charge in [0.1, 0.15) is 19.0 Å². The number of nitrogens with one attached hydrogen (secondary N) is 5. The van der Waals surface area contributed by atoms with Gasteiger partial charge in [-0.3, -0.25) is 14.0 Å². The molecule has 5 N–H and O–H groups in total. The molecule has 9 aromatic heterocycles. The molecule has 0 radical (unpaired) electrons. The van der Waals surface area contributed by atoms with Gasteiger partial charge in [0.25, 0.3) is 0 Å². The molecule has 0 amide bonds. The molecule has 0 aliphatic carbocycles. The minimum Gasteiger partial charge on any atom is -0.381 e. The van der Waals surface area contributed by atoms with Gasteiger partial charge in [-0.25, -0.2) is 59.8 Å². The minimum atomic E-state index is 0.493. The number of hydrogen-bond acceptors (Lipinski definition) is 30. The number of hydrogen-bond donors (Lipinski definition) is 5. The summed E-state index contributed by atoms with van der Waals surface area (Å²) in [6.45, 7) is 15.9. The molecule has 15 heterocycles. The molecule has 6 aliphatic rings. The van der Waals surface area contributed by atoms with Crippen LogP contribution in [0.25, 0.3) is 0 Å². The second kappa shape index (κ2) is 36.2. The molecule has 6 saturated heterocycles. The number of piperazine rings is 3. The lowest BCUT2D eigenvalue weighted by molar-refractivity contribution is 0.181. The van der Waals surface area contributed by atoms with E-state index in [9.17, 15) is 0 Å². The molecular formula is C78H92N32O. The molecule has 6 aliphatic heterocycles. The Bertz CT molecular complexity index is 4320. The van der Waals surface area contributed by atoms with Gasteiger partial charge < -0.3 is 60.7 Å². The van der Waals surface area contributed by atoms with Crippen molar-refractivity contribution >= 4 is 70.6 Å². The predicted octanol–water partition coefficient (Wildman–Crippen LogP) is 7.10. The zero-order valence-electron chi connectivity index (χ0n) is 62.1. The number of nitrogens with zero attached hydrogens (tertiary/aromatic N) is 27. The van der Waals surface area contributed by atoms with E-state index in [2.05, 4.69) is 219 Å². The normalized spacial score (nSPS) is 17.8. The standard InChI is InChI=1S/2C26H31N11.C26H30N10O/c2*1-2-5-20(6-3-1)13-21-14-28-25(29-15-21)35-9-11-36(12-10-35)26-31-19-30-24(34-26)33-23-16-32-37(18-23)17-22-7-4-8-27-22;1-2-4-20(5-3-1)12-22-13-27-25(28-14-22)34-7-9-35(10-8-34)26-30-19-29-24(33-26)32-23-15-31-36(17-23)16-21-6-11-37-18-21/h2*1-3,5-6,14-16,18-19,22,27H,4,7-13,17H2,(H,30,31,33,34);1-5,13-15,17,19,21H,6-12,16,18H2,(H,29,30,32,33)/t2*22-;/m10./s1. The lowest BCUT2D eigenvalue weighted by Crippen LogP contribution is -2.47. The highest BCUT2D eigenvalue weighted by atomic mass is 16.5. The first kappa shape index (κ1) is 72.8. The first-order valence-electron chi connectivity index (χ1n) is 38.4. The smallest absolute Gasteiger partial charge is 0.232 e. The van der Waals surface area contributed by atoms with Gasteiger partial charge in [0, 0.05) is 185 Å². The van der Waals surface area contributed by atoms with Crippen molar-refractivity contribution in [2.24, 2.45) is 5.92 Å². The van der Waals surface area contributed by atoms with Crippen molar-refractivity contribution < 1.29 is 4.74 Å². The van der Waals surface area contributed by atoms with Crippen molar-refractivity contribution in [2.45, 2.75) is 83.1 Å². The monoisotopic (exact) mass is 1490 g/mol. The topological polar surface area (TPSA) is 336 Å². The first-order valence-corrected chi connectivity index (χ1v) is 38.4. The summed E-state index contributed by atoms with van der Waals surface area (Å²) in [7, 11) is 0. The largest absolute Gasteiger partial charge is 0.381 e. The molecule has 33 nitrogen and oxygen atoms in total. The fraction of sp³-hybridized carbons (Fsp3) is 0.385. The number of anilines is 12. The molecule has 12 aromatic rings. The molecule has 0 bridgehead atoms. The summed E-state index contributed by atoms with van der Waals surface area (Å²) in [6.07, 6.45) is 36.0. The minimum absolute atomic E-state index is 0.493.